The number of aromatic hydroxyl groups is 1. The van der Waals surface area contributed by atoms with Crippen molar-refractivity contribution >= 4 is 0 Å². The minimum atomic E-state index is -0.814. The van der Waals surface area contributed by atoms with Crippen LogP contribution in [0.1, 0.15) is 30.4 Å². The molecule has 2 bridgehead atoms. The Hall–Kier alpha value is -1.52. The molecule has 1 aromatic rings. The SMILES string of the molecule is COc1ccc2c(c1O)[C@]13C=CCC[C@]1(O)C(C2)N(C)CC3. The Morgan fingerprint density at radius 2 is 2.14 bits per heavy atom. The van der Waals surface area contributed by atoms with Gasteiger partial charge in [0.2, 0.25) is 0 Å². The summed E-state index contributed by atoms with van der Waals surface area (Å²) in [5.41, 5.74) is 0.709. The highest BCUT2D eigenvalue weighted by atomic mass is 16.5. The number of likely N-dealkylation sites (N-methyl/N-ethyl adjacent to an activating group) is 1. The number of likely N-dealkylation sites (tertiary alicyclic amines) is 1. The molecule has 118 valence electrons. The zero-order chi connectivity index (χ0) is 15.5. The summed E-state index contributed by atoms with van der Waals surface area (Å²) in [6.07, 6.45) is 7.53. The van der Waals surface area contributed by atoms with Crippen molar-refractivity contribution in [1.29, 1.82) is 0 Å². The molecule has 3 atom stereocenters. The fourth-order valence-electron chi connectivity index (χ4n) is 5.00. The highest BCUT2D eigenvalue weighted by molar-refractivity contribution is 5.60. The highest BCUT2D eigenvalue weighted by Crippen LogP contribution is 2.58. The first kappa shape index (κ1) is 14.1. The lowest BCUT2D eigenvalue weighted by Crippen LogP contribution is -2.70. The minimum absolute atomic E-state index is 0.103. The second kappa shape index (κ2) is 4.49. The number of phenolic OH excluding ortho intramolecular Hbond substituents is 1. The van der Waals surface area contributed by atoms with Crippen LogP contribution >= 0.6 is 0 Å². The van der Waals surface area contributed by atoms with Gasteiger partial charge >= 0.3 is 0 Å². The van der Waals surface area contributed by atoms with E-state index in [1.165, 1.54) is 0 Å². The van der Waals surface area contributed by atoms with Gasteiger partial charge in [0.05, 0.1) is 12.7 Å². The molecule has 0 amide bonds. The van der Waals surface area contributed by atoms with E-state index < -0.39 is 11.0 Å². The van der Waals surface area contributed by atoms with E-state index in [4.69, 9.17) is 4.74 Å². The van der Waals surface area contributed by atoms with Gasteiger partial charge in [0.1, 0.15) is 0 Å². The third-order valence-corrected chi connectivity index (χ3v) is 6.12. The fourth-order valence-corrected chi connectivity index (χ4v) is 5.00. The van der Waals surface area contributed by atoms with E-state index in [9.17, 15) is 10.2 Å². The van der Waals surface area contributed by atoms with Gasteiger partial charge in [0.25, 0.3) is 0 Å². The van der Waals surface area contributed by atoms with Crippen LogP contribution in [0.5, 0.6) is 11.5 Å². The Bertz CT molecular complexity index is 656. The number of allylic oxidation sites excluding steroid dienone is 1. The first-order valence-corrected chi connectivity index (χ1v) is 8.03. The number of ether oxygens (including phenoxy) is 1. The number of piperidine rings is 1. The summed E-state index contributed by atoms with van der Waals surface area (Å²) in [5.74, 6) is 0.694. The van der Waals surface area contributed by atoms with Gasteiger partial charge in [0, 0.05) is 17.0 Å². The number of hydrogen-bond acceptors (Lipinski definition) is 4. The van der Waals surface area contributed by atoms with Crippen LogP contribution in [0, 0.1) is 0 Å². The summed E-state index contributed by atoms with van der Waals surface area (Å²) in [4.78, 5) is 2.28. The number of phenols is 1. The lowest BCUT2D eigenvalue weighted by atomic mass is 9.51. The van der Waals surface area contributed by atoms with Crippen LogP contribution in [-0.2, 0) is 11.8 Å². The quantitative estimate of drug-likeness (QED) is 0.779. The van der Waals surface area contributed by atoms with E-state index in [0.29, 0.717) is 5.75 Å². The first-order valence-electron chi connectivity index (χ1n) is 8.03. The molecule has 2 N–H and O–H groups in total. The van der Waals surface area contributed by atoms with Crippen molar-refractivity contribution in [3.05, 3.63) is 35.4 Å². The van der Waals surface area contributed by atoms with Gasteiger partial charge in [-0.25, -0.2) is 0 Å². The third kappa shape index (κ3) is 1.49. The zero-order valence-corrected chi connectivity index (χ0v) is 13.2. The van der Waals surface area contributed by atoms with E-state index in [-0.39, 0.29) is 11.8 Å². The first-order chi connectivity index (χ1) is 10.5. The summed E-state index contributed by atoms with van der Waals surface area (Å²) < 4.78 is 5.31. The van der Waals surface area contributed by atoms with E-state index >= 15 is 0 Å². The number of fused-ring (bicyclic) bond motifs is 1. The molecule has 0 radical (unpaired) electrons. The van der Waals surface area contributed by atoms with E-state index in [2.05, 4.69) is 24.1 Å². The highest BCUT2D eigenvalue weighted by Gasteiger charge is 2.62. The topological polar surface area (TPSA) is 52.9 Å². The lowest BCUT2D eigenvalue weighted by molar-refractivity contribution is -0.132. The van der Waals surface area contributed by atoms with Crippen LogP contribution in [-0.4, -0.2) is 47.5 Å². The molecule has 0 aromatic heterocycles. The normalized spacial score (nSPS) is 36.6. The molecule has 1 aliphatic heterocycles. The summed E-state index contributed by atoms with van der Waals surface area (Å²) in [6, 6.07) is 3.98. The van der Waals surface area contributed by atoms with Crippen LogP contribution in [0.25, 0.3) is 0 Å². The zero-order valence-electron chi connectivity index (χ0n) is 13.2. The third-order valence-electron chi connectivity index (χ3n) is 6.12. The van der Waals surface area contributed by atoms with Crippen LogP contribution in [0.15, 0.2) is 24.3 Å². The van der Waals surface area contributed by atoms with Gasteiger partial charge < -0.3 is 19.8 Å². The molecule has 3 aliphatic rings. The average molecular weight is 301 g/mol. The summed E-state index contributed by atoms with van der Waals surface area (Å²) in [5, 5.41) is 22.4. The number of methoxy groups -OCH3 is 1. The Labute approximate surface area is 131 Å². The Balaban J connectivity index is 2.03. The average Bonchev–Trinajstić information content (AvgIpc) is 2.51. The summed E-state index contributed by atoms with van der Waals surface area (Å²) >= 11 is 0. The van der Waals surface area contributed by atoms with E-state index in [1.54, 1.807) is 7.11 Å². The Morgan fingerprint density at radius 1 is 1.32 bits per heavy atom. The molecule has 1 heterocycles. The largest absolute Gasteiger partial charge is 0.504 e. The maximum atomic E-state index is 11.6. The van der Waals surface area contributed by atoms with Gasteiger partial charge in [-0.3, -0.25) is 0 Å². The number of nitrogens with zero attached hydrogens (tertiary/aromatic N) is 1. The minimum Gasteiger partial charge on any atom is -0.504 e. The van der Waals surface area contributed by atoms with E-state index in [1.807, 2.05) is 12.1 Å². The molecule has 4 nitrogen and oxygen atoms in total. The number of hydrogen-bond donors (Lipinski definition) is 2. The molecular formula is C18H23NO3. The predicted molar refractivity (Wildman–Crippen MR) is 84.4 cm³/mol. The van der Waals surface area contributed by atoms with Crippen molar-refractivity contribution in [2.45, 2.75) is 42.7 Å². The molecule has 2 aliphatic carbocycles. The van der Waals surface area contributed by atoms with E-state index in [0.717, 1.165) is 43.4 Å². The second-order valence-corrected chi connectivity index (χ2v) is 6.94. The van der Waals surface area contributed by atoms with Gasteiger partial charge in [-0.15, -0.1) is 0 Å². The van der Waals surface area contributed by atoms with Crippen LogP contribution < -0.4 is 4.74 Å². The molecule has 4 rings (SSSR count). The number of aliphatic hydroxyl groups is 1. The molecule has 0 saturated carbocycles. The second-order valence-electron chi connectivity index (χ2n) is 6.94. The van der Waals surface area contributed by atoms with Crippen molar-refractivity contribution in [3.63, 3.8) is 0 Å². The lowest BCUT2D eigenvalue weighted by Gasteiger charge is -2.61. The van der Waals surface area contributed by atoms with Crippen LogP contribution in [0.2, 0.25) is 0 Å². The molecule has 22 heavy (non-hydrogen) atoms. The smallest absolute Gasteiger partial charge is 0.162 e. The summed E-state index contributed by atoms with van der Waals surface area (Å²) in [6.45, 7) is 0.924. The van der Waals surface area contributed by atoms with Gasteiger partial charge in [-0.05, 0) is 50.9 Å². The number of rotatable bonds is 1. The molecule has 4 heteroatoms. The predicted octanol–water partition coefficient (Wildman–Crippen LogP) is 1.98. The fraction of sp³-hybridized carbons (Fsp3) is 0.556. The molecular weight excluding hydrogens is 278 g/mol. The van der Waals surface area contributed by atoms with Crippen molar-refractivity contribution < 1.29 is 14.9 Å². The Kier molecular flexibility index (Phi) is 2.88. The molecule has 1 fully saturated rings. The van der Waals surface area contributed by atoms with Crippen LogP contribution in [0.3, 0.4) is 0 Å². The maximum Gasteiger partial charge on any atom is 0.162 e. The van der Waals surface area contributed by atoms with Gasteiger partial charge in [0.15, 0.2) is 11.5 Å². The standard InChI is InChI=1S/C18H23NO3/c1-19-10-9-17-7-3-4-8-18(17,21)14(19)11-12-5-6-13(22-2)16(20)15(12)17/h3,5-7,14,20-21H,4,8-11H2,1-2H3/t14?,17-,18+/m1/s1. The summed E-state index contributed by atoms with van der Waals surface area (Å²) in [7, 11) is 3.67. The van der Waals surface area contributed by atoms with Crippen molar-refractivity contribution in [3.8, 4) is 11.5 Å². The van der Waals surface area contributed by atoms with Gasteiger partial charge in [-0.1, -0.05) is 18.2 Å². The number of benzene rings is 1. The molecule has 1 saturated heterocycles. The van der Waals surface area contributed by atoms with Crippen molar-refractivity contribution in [2.75, 3.05) is 20.7 Å². The molecule has 0 spiro atoms. The van der Waals surface area contributed by atoms with Gasteiger partial charge in [-0.2, -0.15) is 0 Å². The van der Waals surface area contributed by atoms with Crippen molar-refractivity contribution in [1.82, 2.24) is 4.90 Å². The molecule has 1 aromatic carbocycles. The Morgan fingerprint density at radius 3 is 2.91 bits per heavy atom. The van der Waals surface area contributed by atoms with Crippen LogP contribution in [0.4, 0.5) is 0 Å². The maximum absolute atomic E-state index is 11.6. The van der Waals surface area contributed by atoms with Crippen molar-refractivity contribution in [2.24, 2.45) is 0 Å². The molecule has 1 unspecified atom stereocenters. The monoisotopic (exact) mass is 301 g/mol.